The molecule has 0 bridgehead atoms. The second kappa shape index (κ2) is 9.34. The first kappa shape index (κ1) is 21.9. The average molecular weight is 424 g/mol. The minimum absolute atomic E-state index is 0.0451. The van der Waals surface area contributed by atoms with Gasteiger partial charge in [-0.2, -0.15) is 0 Å². The Hall–Kier alpha value is -1.80. The van der Waals surface area contributed by atoms with Crippen LogP contribution in [0, 0.1) is 0 Å². The Morgan fingerprint density at radius 1 is 0.793 bits per heavy atom. The number of hydrogen-bond donors (Lipinski definition) is 0. The lowest BCUT2D eigenvalue weighted by molar-refractivity contribution is 0.419. The molecule has 0 aliphatic carbocycles. The molecule has 0 radical (unpaired) electrons. The molecule has 2 atom stereocenters. The van der Waals surface area contributed by atoms with Crippen molar-refractivity contribution < 1.29 is 4.21 Å². The molecule has 0 aromatic heterocycles. The second-order valence-corrected chi connectivity index (χ2v) is 12.6. The number of nitrogens with zero attached hydrogens (tertiary/aromatic N) is 1. The van der Waals surface area contributed by atoms with E-state index >= 15 is 0 Å². The first-order chi connectivity index (χ1) is 13.8. The normalized spacial score (nSPS) is 14.2. The first-order valence-corrected chi connectivity index (χ1v) is 12.4. The van der Waals surface area contributed by atoms with Gasteiger partial charge in [-0.15, -0.1) is 0 Å². The van der Waals surface area contributed by atoms with Gasteiger partial charge in [0, 0.05) is 13.1 Å². The quantitative estimate of drug-likeness (QED) is 0.517. The fraction of sp³-hybridized carbons (Fsp3) is 0.280. The number of benzene rings is 3. The van der Waals surface area contributed by atoms with Crippen LogP contribution in [0.4, 0.5) is 0 Å². The van der Waals surface area contributed by atoms with Gasteiger partial charge < -0.3 is 0 Å². The lowest BCUT2D eigenvalue weighted by Gasteiger charge is -2.32. The van der Waals surface area contributed by atoms with Crippen LogP contribution in [0.3, 0.4) is 0 Å². The topological polar surface area (TPSA) is 20.3 Å². The van der Waals surface area contributed by atoms with Crippen molar-refractivity contribution in [2.24, 2.45) is 0 Å². The summed E-state index contributed by atoms with van der Waals surface area (Å²) >= 11 is 0. The van der Waals surface area contributed by atoms with Gasteiger partial charge in [0.2, 0.25) is 0 Å². The van der Waals surface area contributed by atoms with Gasteiger partial charge in [0.1, 0.15) is 0 Å². The van der Waals surface area contributed by atoms with Gasteiger partial charge in [-0.1, -0.05) is 84.9 Å². The molecule has 0 saturated carbocycles. The standard InChI is InChI=1S/C25H30NOPS/c1-20(26(5)29(27)25(2,3)4)23-18-12-13-19-24(23)28(21-14-8-6-9-15-21)22-16-10-7-11-17-22/h6-20H,1-5H3/t20-,29-/m1/s1. The molecule has 0 aliphatic heterocycles. The van der Waals surface area contributed by atoms with Crippen molar-refractivity contribution in [1.82, 2.24) is 4.31 Å². The van der Waals surface area contributed by atoms with Gasteiger partial charge in [-0.25, -0.2) is 8.51 Å². The summed E-state index contributed by atoms with van der Waals surface area (Å²) in [4.78, 5) is 0. The zero-order chi connectivity index (χ0) is 21.0. The molecule has 4 heteroatoms. The van der Waals surface area contributed by atoms with Gasteiger partial charge in [0.25, 0.3) is 0 Å². The lowest BCUT2D eigenvalue weighted by atomic mass is 10.1. The van der Waals surface area contributed by atoms with Gasteiger partial charge >= 0.3 is 0 Å². The van der Waals surface area contributed by atoms with E-state index in [0.29, 0.717) is 0 Å². The Kier molecular flexibility index (Phi) is 7.05. The fourth-order valence-corrected chi connectivity index (χ4v) is 7.21. The third kappa shape index (κ3) is 5.04. The van der Waals surface area contributed by atoms with Crippen LogP contribution in [-0.2, 0) is 11.0 Å². The molecule has 0 aliphatic rings. The highest BCUT2D eigenvalue weighted by Gasteiger charge is 2.30. The third-order valence-electron chi connectivity index (χ3n) is 4.99. The van der Waals surface area contributed by atoms with E-state index in [4.69, 9.17) is 0 Å². The van der Waals surface area contributed by atoms with Crippen molar-refractivity contribution in [1.29, 1.82) is 0 Å². The van der Waals surface area contributed by atoms with E-state index < -0.39 is 18.9 Å². The van der Waals surface area contributed by atoms with Crippen molar-refractivity contribution >= 4 is 34.8 Å². The molecule has 0 amide bonds. The molecular formula is C25H30NOPS. The Bertz CT molecular complexity index is 914. The van der Waals surface area contributed by atoms with Crippen LogP contribution >= 0.6 is 7.92 Å². The molecule has 3 aromatic carbocycles. The van der Waals surface area contributed by atoms with Gasteiger partial charge in [-0.3, -0.25) is 0 Å². The molecule has 152 valence electrons. The van der Waals surface area contributed by atoms with E-state index in [-0.39, 0.29) is 10.8 Å². The van der Waals surface area contributed by atoms with Crippen LogP contribution in [0.15, 0.2) is 84.9 Å². The predicted molar refractivity (Wildman–Crippen MR) is 129 cm³/mol. The van der Waals surface area contributed by atoms with E-state index in [1.54, 1.807) is 0 Å². The molecule has 3 aromatic rings. The number of rotatable bonds is 6. The summed E-state index contributed by atoms with van der Waals surface area (Å²) in [7, 11) is 0.189. The summed E-state index contributed by atoms with van der Waals surface area (Å²) in [5, 5.41) is 3.98. The summed E-state index contributed by atoms with van der Waals surface area (Å²) in [6.07, 6.45) is 0. The molecular weight excluding hydrogens is 393 g/mol. The smallest absolute Gasteiger partial charge is 0.1000 e. The molecule has 0 saturated heterocycles. The molecule has 0 spiro atoms. The minimum Gasteiger partial charge on any atom is -0.242 e. The van der Waals surface area contributed by atoms with Crippen molar-refractivity contribution in [3.63, 3.8) is 0 Å². The van der Waals surface area contributed by atoms with Crippen molar-refractivity contribution in [3.05, 3.63) is 90.5 Å². The maximum Gasteiger partial charge on any atom is 0.1000 e. The molecule has 0 heterocycles. The summed E-state index contributed by atoms with van der Waals surface area (Å²) in [5.41, 5.74) is 1.24. The average Bonchev–Trinajstić information content (AvgIpc) is 2.73. The van der Waals surface area contributed by atoms with E-state index in [1.807, 2.05) is 32.1 Å². The number of hydrogen-bond acceptors (Lipinski definition) is 1. The van der Waals surface area contributed by atoms with Crippen LogP contribution in [0.5, 0.6) is 0 Å². The van der Waals surface area contributed by atoms with E-state index in [9.17, 15) is 4.21 Å². The monoisotopic (exact) mass is 423 g/mol. The first-order valence-electron chi connectivity index (χ1n) is 9.94. The fourth-order valence-electron chi connectivity index (χ4n) is 3.40. The van der Waals surface area contributed by atoms with Crippen LogP contribution in [-0.4, -0.2) is 20.3 Å². The third-order valence-corrected chi connectivity index (χ3v) is 9.39. The molecule has 29 heavy (non-hydrogen) atoms. The van der Waals surface area contributed by atoms with E-state index in [0.717, 1.165) is 0 Å². The van der Waals surface area contributed by atoms with Crippen LogP contribution < -0.4 is 15.9 Å². The van der Waals surface area contributed by atoms with Crippen LogP contribution in [0.2, 0.25) is 0 Å². The van der Waals surface area contributed by atoms with Crippen LogP contribution in [0.25, 0.3) is 0 Å². The minimum atomic E-state index is -1.08. The molecule has 0 N–H and O–H groups in total. The van der Waals surface area contributed by atoms with E-state index in [1.165, 1.54) is 21.5 Å². The highest BCUT2D eigenvalue weighted by molar-refractivity contribution is 7.84. The highest BCUT2D eigenvalue weighted by Crippen LogP contribution is 2.37. The Morgan fingerprint density at radius 3 is 1.72 bits per heavy atom. The second-order valence-electron chi connectivity index (χ2n) is 8.15. The molecule has 3 rings (SSSR count). The van der Waals surface area contributed by atoms with Crippen LogP contribution in [0.1, 0.15) is 39.3 Å². The van der Waals surface area contributed by atoms with Gasteiger partial charge in [0.15, 0.2) is 0 Å². The largest absolute Gasteiger partial charge is 0.242 e. The predicted octanol–water partition coefficient (Wildman–Crippen LogP) is 4.90. The zero-order valence-corrected chi connectivity index (χ0v) is 19.6. The van der Waals surface area contributed by atoms with Gasteiger partial charge in [0.05, 0.1) is 15.7 Å². The summed E-state index contributed by atoms with van der Waals surface area (Å²) in [5.74, 6) is 0. The summed E-state index contributed by atoms with van der Waals surface area (Å²) in [6.45, 7) is 8.24. The highest BCUT2D eigenvalue weighted by atomic mass is 32.2. The Morgan fingerprint density at radius 2 is 1.24 bits per heavy atom. The maximum atomic E-state index is 13.0. The Balaban J connectivity index is 2.11. The van der Waals surface area contributed by atoms with Crippen molar-refractivity contribution in [2.75, 3.05) is 7.05 Å². The van der Waals surface area contributed by atoms with Gasteiger partial charge in [-0.05, 0) is 57.1 Å². The van der Waals surface area contributed by atoms with Crippen molar-refractivity contribution in [3.8, 4) is 0 Å². The lowest BCUT2D eigenvalue weighted by Crippen LogP contribution is -2.38. The summed E-state index contributed by atoms with van der Waals surface area (Å²) < 4.78 is 14.8. The molecule has 0 unspecified atom stereocenters. The zero-order valence-electron chi connectivity index (χ0n) is 17.9. The van der Waals surface area contributed by atoms with E-state index in [2.05, 4.69) is 91.9 Å². The molecule has 2 nitrogen and oxygen atoms in total. The SMILES string of the molecule is C[C@H](c1ccccc1P(c1ccccc1)c1ccccc1)N(C)[S@](=O)C(C)(C)C. The maximum absolute atomic E-state index is 13.0. The Labute approximate surface area is 179 Å². The van der Waals surface area contributed by atoms with Crippen molar-refractivity contribution in [2.45, 2.75) is 38.5 Å². The molecule has 0 fully saturated rings. The summed E-state index contributed by atoms with van der Waals surface area (Å²) in [6, 6.07) is 30.1.